The van der Waals surface area contributed by atoms with Gasteiger partial charge >= 0.3 is 0 Å². The maximum absolute atomic E-state index is 4.02. The first-order valence-corrected chi connectivity index (χ1v) is 8.27. The highest BCUT2D eigenvalue weighted by atomic mass is 15.2. The summed E-state index contributed by atoms with van der Waals surface area (Å²) in [6, 6.07) is 0. The van der Waals surface area contributed by atoms with E-state index in [4.69, 9.17) is 0 Å². The van der Waals surface area contributed by atoms with Crippen molar-refractivity contribution in [3.8, 4) is 0 Å². The Morgan fingerprint density at radius 1 is 1.06 bits per heavy atom. The van der Waals surface area contributed by atoms with Crippen molar-refractivity contribution in [3.05, 3.63) is 0 Å². The number of nitrogens with one attached hydrogen (secondary N) is 1. The van der Waals surface area contributed by atoms with E-state index in [1.54, 1.807) is 32.1 Å². The summed E-state index contributed by atoms with van der Waals surface area (Å²) in [4.78, 5) is 2.75. The van der Waals surface area contributed by atoms with Crippen LogP contribution in [0.5, 0.6) is 0 Å². The van der Waals surface area contributed by atoms with Gasteiger partial charge in [-0.05, 0) is 68.7 Å². The van der Waals surface area contributed by atoms with E-state index in [0.29, 0.717) is 5.54 Å². The van der Waals surface area contributed by atoms with Crippen LogP contribution in [0.1, 0.15) is 45.4 Å². The maximum atomic E-state index is 4.02. The van der Waals surface area contributed by atoms with Gasteiger partial charge in [0.2, 0.25) is 0 Å². The second-order valence-corrected chi connectivity index (χ2v) is 7.55. The van der Waals surface area contributed by atoms with Crippen molar-refractivity contribution in [2.45, 2.75) is 51.0 Å². The molecule has 0 aromatic carbocycles. The summed E-state index contributed by atoms with van der Waals surface area (Å²) in [7, 11) is 0. The lowest BCUT2D eigenvalue weighted by Crippen LogP contribution is -2.72. The Hall–Kier alpha value is -0.0800. The monoisotopic (exact) mass is 248 g/mol. The van der Waals surface area contributed by atoms with E-state index in [1.165, 1.54) is 32.6 Å². The molecule has 0 unspecified atom stereocenters. The molecule has 1 spiro atoms. The summed E-state index contributed by atoms with van der Waals surface area (Å²) in [5.74, 6) is 4.21. The molecule has 2 heteroatoms. The molecular formula is C16H28N2. The van der Waals surface area contributed by atoms with Gasteiger partial charge < -0.3 is 10.2 Å². The Balaban J connectivity index is 1.58. The van der Waals surface area contributed by atoms with Gasteiger partial charge in [0.1, 0.15) is 0 Å². The number of rotatable bonds is 2. The topological polar surface area (TPSA) is 15.3 Å². The van der Waals surface area contributed by atoms with E-state index >= 15 is 0 Å². The third-order valence-electron chi connectivity index (χ3n) is 6.50. The van der Waals surface area contributed by atoms with Gasteiger partial charge in [-0.25, -0.2) is 0 Å². The van der Waals surface area contributed by atoms with Crippen molar-refractivity contribution in [3.63, 3.8) is 0 Å². The average Bonchev–Trinajstić information content (AvgIpc) is 2.36. The largest absolute Gasteiger partial charge is 0.308 e. The van der Waals surface area contributed by atoms with Crippen LogP contribution < -0.4 is 5.32 Å². The predicted molar refractivity (Wildman–Crippen MR) is 74.5 cm³/mol. The quantitative estimate of drug-likeness (QED) is 0.808. The van der Waals surface area contributed by atoms with Crippen molar-refractivity contribution in [2.75, 3.05) is 26.2 Å². The number of nitrogens with zero attached hydrogens (tertiary/aromatic N) is 1. The Morgan fingerprint density at radius 2 is 1.72 bits per heavy atom. The molecule has 1 N–H and O–H groups in total. The second kappa shape index (κ2) is 4.21. The molecular weight excluding hydrogens is 220 g/mol. The summed E-state index contributed by atoms with van der Waals surface area (Å²) < 4.78 is 0. The summed E-state index contributed by atoms with van der Waals surface area (Å²) >= 11 is 0. The molecule has 4 bridgehead atoms. The second-order valence-electron chi connectivity index (χ2n) is 7.55. The van der Waals surface area contributed by atoms with Gasteiger partial charge in [0, 0.05) is 25.2 Å². The first-order valence-electron chi connectivity index (χ1n) is 8.27. The van der Waals surface area contributed by atoms with Gasteiger partial charge in [0.25, 0.3) is 0 Å². The number of hydrogen-bond donors (Lipinski definition) is 1. The van der Waals surface area contributed by atoms with Crippen LogP contribution in [0.3, 0.4) is 0 Å². The van der Waals surface area contributed by atoms with Gasteiger partial charge in [-0.2, -0.15) is 0 Å². The fraction of sp³-hybridized carbons (Fsp3) is 1.00. The molecule has 1 heterocycles. The minimum Gasteiger partial charge on any atom is -0.308 e. The van der Waals surface area contributed by atoms with Gasteiger partial charge in [0.15, 0.2) is 0 Å². The molecule has 0 amide bonds. The predicted octanol–water partition coefficient (Wildman–Crippen LogP) is 2.50. The van der Waals surface area contributed by atoms with Crippen LogP contribution in [0.4, 0.5) is 0 Å². The zero-order valence-corrected chi connectivity index (χ0v) is 11.8. The van der Waals surface area contributed by atoms with Gasteiger partial charge in [-0.1, -0.05) is 6.92 Å². The molecule has 5 aliphatic rings. The van der Waals surface area contributed by atoms with Crippen LogP contribution >= 0.6 is 0 Å². The zero-order valence-electron chi connectivity index (χ0n) is 11.8. The normalized spacial score (nSPS) is 51.2. The van der Waals surface area contributed by atoms with Crippen LogP contribution in [0.25, 0.3) is 0 Å². The Kier molecular flexibility index (Phi) is 2.74. The average molecular weight is 248 g/mol. The molecule has 0 aromatic rings. The molecule has 5 rings (SSSR count). The van der Waals surface area contributed by atoms with Crippen molar-refractivity contribution < 1.29 is 0 Å². The summed E-state index contributed by atoms with van der Waals surface area (Å²) in [6.45, 7) is 7.52. The SMILES string of the molecule is CCCN1CCNC2(C1)C1CC3CC(C1)CC2C3. The maximum Gasteiger partial charge on any atom is 0.0366 e. The van der Waals surface area contributed by atoms with E-state index in [-0.39, 0.29) is 0 Å². The highest BCUT2D eigenvalue weighted by molar-refractivity contribution is 5.13. The van der Waals surface area contributed by atoms with E-state index in [0.717, 1.165) is 23.7 Å². The van der Waals surface area contributed by atoms with E-state index in [9.17, 15) is 0 Å². The minimum atomic E-state index is 0.529. The van der Waals surface area contributed by atoms with Crippen LogP contribution in [0, 0.1) is 23.7 Å². The molecule has 18 heavy (non-hydrogen) atoms. The van der Waals surface area contributed by atoms with Crippen molar-refractivity contribution in [1.29, 1.82) is 0 Å². The first-order chi connectivity index (χ1) is 8.80. The highest BCUT2D eigenvalue weighted by Crippen LogP contribution is 2.58. The Labute approximate surface area is 111 Å². The lowest BCUT2D eigenvalue weighted by atomic mass is 9.48. The molecule has 1 aliphatic heterocycles. The summed E-state index contributed by atoms with van der Waals surface area (Å²) in [5.41, 5.74) is 0.529. The molecule has 5 fully saturated rings. The van der Waals surface area contributed by atoms with Gasteiger partial charge in [-0.3, -0.25) is 0 Å². The molecule has 1 saturated heterocycles. The lowest BCUT2D eigenvalue weighted by molar-refractivity contribution is -0.0979. The molecule has 0 aromatic heterocycles. The van der Waals surface area contributed by atoms with Crippen molar-refractivity contribution in [2.24, 2.45) is 23.7 Å². The van der Waals surface area contributed by atoms with E-state index in [2.05, 4.69) is 17.1 Å². The fourth-order valence-electron chi connectivity index (χ4n) is 6.03. The third-order valence-corrected chi connectivity index (χ3v) is 6.50. The molecule has 0 radical (unpaired) electrons. The summed E-state index contributed by atoms with van der Waals surface area (Å²) in [5, 5.41) is 4.02. The van der Waals surface area contributed by atoms with Gasteiger partial charge in [0.05, 0.1) is 0 Å². The molecule has 0 atom stereocenters. The van der Waals surface area contributed by atoms with Crippen molar-refractivity contribution in [1.82, 2.24) is 10.2 Å². The lowest BCUT2D eigenvalue weighted by Gasteiger charge is -2.64. The third kappa shape index (κ3) is 1.61. The number of piperazine rings is 1. The Bertz CT molecular complexity index is 295. The standard InChI is InChI=1S/C16H28N2/c1-2-4-18-5-3-17-16(11-18)14-7-12-6-13(9-14)10-15(16)8-12/h12-15,17H,2-11H2,1H3. The van der Waals surface area contributed by atoms with E-state index < -0.39 is 0 Å². The van der Waals surface area contributed by atoms with Gasteiger partial charge in [-0.15, -0.1) is 0 Å². The number of hydrogen-bond acceptors (Lipinski definition) is 2. The van der Waals surface area contributed by atoms with Crippen LogP contribution in [-0.4, -0.2) is 36.6 Å². The Morgan fingerprint density at radius 3 is 2.33 bits per heavy atom. The molecule has 102 valence electrons. The molecule has 4 aliphatic carbocycles. The summed E-state index contributed by atoms with van der Waals surface area (Å²) in [6.07, 6.45) is 9.05. The van der Waals surface area contributed by atoms with Crippen LogP contribution in [0.2, 0.25) is 0 Å². The molecule has 4 saturated carbocycles. The smallest absolute Gasteiger partial charge is 0.0366 e. The minimum absolute atomic E-state index is 0.529. The van der Waals surface area contributed by atoms with Crippen LogP contribution in [-0.2, 0) is 0 Å². The highest BCUT2D eigenvalue weighted by Gasteiger charge is 2.57. The zero-order chi connectivity index (χ0) is 12.2. The van der Waals surface area contributed by atoms with Crippen molar-refractivity contribution >= 4 is 0 Å². The van der Waals surface area contributed by atoms with E-state index in [1.807, 2.05) is 0 Å². The first kappa shape index (κ1) is 11.7. The molecule has 2 nitrogen and oxygen atoms in total. The fourth-order valence-corrected chi connectivity index (χ4v) is 6.03. The van der Waals surface area contributed by atoms with Crippen LogP contribution in [0.15, 0.2) is 0 Å².